The van der Waals surface area contributed by atoms with E-state index in [-0.39, 0.29) is 21.2 Å². The summed E-state index contributed by atoms with van der Waals surface area (Å²) >= 11 is 7.26. The zero-order valence-electron chi connectivity index (χ0n) is 12.3. The Morgan fingerprint density at radius 1 is 1.29 bits per heavy atom. The SMILES string of the molecule is O=c1[nH]c(=O)n2c3c(c(Cl)c(C(F)(F)F)cc13)SCC1(CCC1)C2. The number of hydrogen-bond acceptors (Lipinski definition) is 3. The van der Waals surface area contributed by atoms with E-state index >= 15 is 0 Å². The molecule has 0 atom stereocenters. The molecule has 0 amide bonds. The molecule has 1 aliphatic carbocycles. The molecule has 1 N–H and O–H groups in total. The number of hydrogen-bond donors (Lipinski definition) is 1. The van der Waals surface area contributed by atoms with Gasteiger partial charge in [-0.3, -0.25) is 14.3 Å². The second kappa shape index (κ2) is 5.05. The molecule has 1 aliphatic heterocycles. The van der Waals surface area contributed by atoms with E-state index in [0.717, 1.165) is 25.3 Å². The fourth-order valence-electron chi connectivity index (χ4n) is 3.47. The average Bonchev–Trinajstić information content (AvgIpc) is 2.63. The Balaban J connectivity index is 2.11. The van der Waals surface area contributed by atoms with Crippen molar-refractivity contribution in [3.8, 4) is 0 Å². The van der Waals surface area contributed by atoms with E-state index in [1.54, 1.807) is 0 Å². The molecule has 0 radical (unpaired) electrons. The van der Waals surface area contributed by atoms with Crippen molar-refractivity contribution in [3.63, 3.8) is 0 Å². The first-order valence-corrected chi connectivity index (χ1v) is 8.78. The predicted octanol–water partition coefficient (Wildman–Crippen LogP) is 3.64. The first-order chi connectivity index (χ1) is 11.2. The number of aromatic amines is 1. The van der Waals surface area contributed by atoms with E-state index in [0.29, 0.717) is 12.3 Å². The molecule has 1 saturated carbocycles. The van der Waals surface area contributed by atoms with Gasteiger partial charge in [-0.1, -0.05) is 18.0 Å². The summed E-state index contributed by atoms with van der Waals surface area (Å²) in [5.41, 5.74) is -2.37. The summed E-state index contributed by atoms with van der Waals surface area (Å²) in [4.78, 5) is 26.7. The zero-order chi connectivity index (χ0) is 17.3. The minimum absolute atomic E-state index is 0.125. The van der Waals surface area contributed by atoms with Gasteiger partial charge >= 0.3 is 11.9 Å². The molecule has 2 aromatic rings. The number of halogens is 4. The summed E-state index contributed by atoms with van der Waals surface area (Å²) in [6.07, 6.45) is -1.83. The third-order valence-corrected chi connectivity index (χ3v) is 6.86. The molecule has 128 valence electrons. The maximum absolute atomic E-state index is 13.3. The van der Waals surface area contributed by atoms with Gasteiger partial charge in [-0.25, -0.2) is 4.79 Å². The predicted molar refractivity (Wildman–Crippen MR) is 85.8 cm³/mol. The molecule has 2 aliphatic rings. The lowest BCUT2D eigenvalue weighted by molar-refractivity contribution is -0.137. The van der Waals surface area contributed by atoms with Crippen LogP contribution in [-0.4, -0.2) is 15.3 Å². The Bertz CT molecular complexity index is 976. The topological polar surface area (TPSA) is 54.9 Å². The van der Waals surface area contributed by atoms with E-state index in [1.165, 1.54) is 16.3 Å². The number of thioether (sulfide) groups is 1. The number of H-pyrrole nitrogens is 1. The quantitative estimate of drug-likeness (QED) is 0.763. The van der Waals surface area contributed by atoms with Crippen LogP contribution < -0.4 is 11.2 Å². The monoisotopic (exact) mass is 376 g/mol. The largest absolute Gasteiger partial charge is 0.417 e. The van der Waals surface area contributed by atoms with Crippen molar-refractivity contribution in [2.24, 2.45) is 5.41 Å². The van der Waals surface area contributed by atoms with Crippen molar-refractivity contribution in [3.05, 3.63) is 37.5 Å². The van der Waals surface area contributed by atoms with Gasteiger partial charge in [-0.05, 0) is 24.3 Å². The molecule has 0 unspecified atom stereocenters. The minimum Gasteiger partial charge on any atom is -0.292 e. The number of benzene rings is 1. The van der Waals surface area contributed by atoms with Gasteiger partial charge in [0.05, 0.1) is 26.4 Å². The Morgan fingerprint density at radius 3 is 2.58 bits per heavy atom. The molecule has 1 fully saturated rings. The molecule has 0 saturated heterocycles. The Kier molecular flexibility index (Phi) is 3.38. The lowest BCUT2D eigenvalue weighted by Crippen LogP contribution is -2.40. The number of aromatic nitrogens is 2. The first-order valence-electron chi connectivity index (χ1n) is 7.41. The van der Waals surface area contributed by atoms with Crippen LogP contribution in [0.5, 0.6) is 0 Å². The third kappa shape index (κ3) is 2.23. The van der Waals surface area contributed by atoms with Crippen molar-refractivity contribution >= 4 is 34.3 Å². The summed E-state index contributed by atoms with van der Waals surface area (Å²) < 4.78 is 41.2. The Morgan fingerprint density at radius 2 is 2.00 bits per heavy atom. The van der Waals surface area contributed by atoms with Crippen LogP contribution >= 0.6 is 23.4 Å². The van der Waals surface area contributed by atoms with Crippen LogP contribution in [0.15, 0.2) is 20.6 Å². The van der Waals surface area contributed by atoms with Gasteiger partial charge in [0.2, 0.25) is 0 Å². The fourth-order valence-corrected chi connectivity index (χ4v) is 5.31. The number of nitrogens with zero attached hydrogens (tertiary/aromatic N) is 1. The maximum Gasteiger partial charge on any atom is 0.417 e. The van der Waals surface area contributed by atoms with Gasteiger partial charge < -0.3 is 0 Å². The molecular formula is C15H12ClF3N2O2S. The van der Waals surface area contributed by atoms with E-state index in [9.17, 15) is 22.8 Å². The van der Waals surface area contributed by atoms with Crippen LogP contribution in [0.2, 0.25) is 5.02 Å². The van der Waals surface area contributed by atoms with Crippen molar-refractivity contribution in [1.82, 2.24) is 9.55 Å². The highest BCUT2D eigenvalue weighted by atomic mass is 35.5. The third-order valence-electron chi connectivity index (χ3n) is 4.91. The molecule has 4 nitrogen and oxygen atoms in total. The van der Waals surface area contributed by atoms with Crippen molar-refractivity contribution in [2.75, 3.05) is 5.75 Å². The molecule has 1 aromatic carbocycles. The second-order valence-corrected chi connectivity index (χ2v) is 7.81. The Labute approximate surface area is 143 Å². The standard InChI is InChI=1S/C15H12ClF3N2O2S/c16-9-8(15(17,18)19)4-7-10-11(9)24-6-14(2-1-3-14)5-21(10)13(23)20-12(7)22/h4H,1-3,5-6H2,(H,20,22,23). The lowest BCUT2D eigenvalue weighted by Gasteiger charge is -2.41. The van der Waals surface area contributed by atoms with Crippen LogP contribution in [0.3, 0.4) is 0 Å². The molecule has 1 aromatic heterocycles. The van der Waals surface area contributed by atoms with Crippen LogP contribution in [0.4, 0.5) is 13.2 Å². The molecule has 1 spiro atoms. The van der Waals surface area contributed by atoms with Crippen LogP contribution in [0.1, 0.15) is 24.8 Å². The Hall–Kier alpha value is -1.41. The van der Waals surface area contributed by atoms with Crippen molar-refractivity contribution in [1.29, 1.82) is 0 Å². The summed E-state index contributed by atoms with van der Waals surface area (Å²) in [6, 6.07) is 0.745. The number of alkyl halides is 3. The lowest BCUT2D eigenvalue weighted by atomic mass is 9.70. The van der Waals surface area contributed by atoms with Crippen LogP contribution in [0.25, 0.3) is 10.9 Å². The summed E-state index contributed by atoms with van der Waals surface area (Å²) in [6.45, 7) is 0.390. The van der Waals surface area contributed by atoms with E-state index in [2.05, 4.69) is 4.98 Å². The molecule has 9 heteroatoms. The fraction of sp³-hybridized carbons (Fsp3) is 0.467. The van der Waals surface area contributed by atoms with E-state index < -0.39 is 28.0 Å². The smallest absolute Gasteiger partial charge is 0.292 e. The van der Waals surface area contributed by atoms with Gasteiger partial charge in [0.1, 0.15) is 0 Å². The highest BCUT2D eigenvalue weighted by Crippen LogP contribution is 2.51. The van der Waals surface area contributed by atoms with E-state index in [4.69, 9.17) is 11.6 Å². The van der Waals surface area contributed by atoms with Crippen molar-refractivity contribution < 1.29 is 13.2 Å². The van der Waals surface area contributed by atoms with E-state index in [1.807, 2.05) is 0 Å². The normalized spacial score (nSPS) is 19.3. The second-order valence-electron chi connectivity index (χ2n) is 6.45. The minimum atomic E-state index is -4.67. The summed E-state index contributed by atoms with van der Waals surface area (Å²) in [7, 11) is 0. The summed E-state index contributed by atoms with van der Waals surface area (Å²) in [5, 5.41) is -0.583. The van der Waals surface area contributed by atoms with Gasteiger partial charge in [-0.15, -0.1) is 11.8 Å². The van der Waals surface area contributed by atoms with Crippen molar-refractivity contribution in [2.45, 2.75) is 36.9 Å². The molecule has 4 rings (SSSR count). The molecule has 24 heavy (non-hydrogen) atoms. The van der Waals surface area contributed by atoms with Crippen LogP contribution in [-0.2, 0) is 12.7 Å². The maximum atomic E-state index is 13.3. The van der Waals surface area contributed by atoms with Gasteiger partial charge in [-0.2, -0.15) is 13.2 Å². The summed E-state index contributed by atoms with van der Waals surface area (Å²) in [5.74, 6) is 0.582. The van der Waals surface area contributed by atoms with Gasteiger partial charge in [0, 0.05) is 12.3 Å². The molecule has 0 bridgehead atoms. The highest BCUT2D eigenvalue weighted by molar-refractivity contribution is 7.99. The van der Waals surface area contributed by atoms with Crippen LogP contribution in [0, 0.1) is 5.41 Å². The number of rotatable bonds is 0. The molecular weight excluding hydrogens is 365 g/mol. The van der Waals surface area contributed by atoms with Gasteiger partial charge in [0.15, 0.2) is 0 Å². The first kappa shape index (κ1) is 16.1. The zero-order valence-corrected chi connectivity index (χ0v) is 13.9. The highest BCUT2D eigenvalue weighted by Gasteiger charge is 2.42. The molecule has 2 heterocycles. The number of nitrogens with one attached hydrogen (secondary N) is 1. The average molecular weight is 377 g/mol. The van der Waals surface area contributed by atoms with Gasteiger partial charge in [0.25, 0.3) is 5.56 Å².